The Labute approximate surface area is 176 Å². The minimum absolute atomic E-state index is 0.181. The summed E-state index contributed by atoms with van der Waals surface area (Å²) < 4.78 is 42.5. The highest BCUT2D eigenvalue weighted by Crippen LogP contribution is 2.31. The number of halogens is 3. The van der Waals surface area contributed by atoms with Crippen molar-refractivity contribution < 1.29 is 13.2 Å². The maximum Gasteiger partial charge on any atom is 0.434 e. The third kappa shape index (κ3) is 3.77. The summed E-state index contributed by atoms with van der Waals surface area (Å²) >= 11 is 0. The van der Waals surface area contributed by atoms with Gasteiger partial charge in [-0.05, 0) is 43.9 Å². The van der Waals surface area contributed by atoms with Crippen LogP contribution in [0.3, 0.4) is 0 Å². The highest BCUT2D eigenvalue weighted by Gasteiger charge is 2.34. The van der Waals surface area contributed by atoms with E-state index < -0.39 is 11.9 Å². The SMILES string of the molecule is Cn1cnc2ccnc(NC3CCC(Nc4cccc5nc(C(F)(F)F)cn45)CC3)c21. The number of imidazole rings is 2. The summed E-state index contributed by atoms with van der Waals surface area (Å²) in [5.74, 6) is 1.45. The van der Waals surface area contributed by atoms with E-state index in [-0.39, 0.29) is 17.7 Å². The standard InChI is InChI=1S/C21H22F3N7/c1-30-12-26-15-9-10-25-20(19(15)30)28-14-7-5-13(6-8-14)27-17-3-2-4-18-29-16(11-31(17)18)21(22,23)24/h2-4,9-14,27H,5-8H2,1H3,(H,25,28). The average molecular weight is 429 g/mol. The Bertz CT molecular complexity index is 1220. The number of hydrogen-bond donors (Lipinski definition) is 2. The van der Waals surface area contributed by atoms with Crippen LogP contribution in [-0.2, 0) is 13.2 Å². The minimum Gasteiger partial charge on any atom is -0.368 e. The van der Waals surface area contributed by atoms with Gasteiger partial charge in [-0.3, -0.25) is 4.40 Å². The van der Waals surface area contributed by atoms with Gasteiger partial charge in [0.15, 0.2) is 11.5 Å². The number of nitrogens with one attached hydrogen (secondary N) is 2. The van der Waals surface area contributed by atoms with Crippen LogP contribution in [-0.4, -0.2) is 36.0 Å². The Morgan fingerprint density at radius 2 is 1.74 bits per heavy atom. The third-order valence-corrected chi connectivity index (χ3v) is 5.83. The highest BCUT2D eigenvalue weighted by molar-refractivity contribution is 5.86. The van der Waals surface area contributed by atoms with E-state index in [4.69, 9.17) is 0 Å². The largest absolute Gasteiger partial charge is 0.434 e. The molecule has 0 spiro atoms. The molecule has 10 heteroatoms. The van der Waals surface area contributed by atoms with Crippen LogP contribution in [0, 0.1) is 0 Å². The van der Waals surface area contributed by atoms with Crippen LogP contribution in [0.5, 0.6) is 0 Å². The van der Waals surface area contributed by atoms with Gasteiger partial charge in [-0.1, -0.05) is 6.07 Å². The lowest BCUT2D eigenvalue weighted by Crippen LogP contribution is -2.33. The molecule has 1 aliphatic carbocycles. The summed E-state index contributed by atoms with van der Waals surface area (Å²) in [5, 5.41) is 6.95. The first kappa shape index (κ1) is 19.7. The predicted molar refractivity (Wildman–Crippen MR) is 112 cm³/mol. The Morgan fingerprint density at radius 1 is 1.00 bits per heavy atom. The normalized spacial score (nSPS) is 19.7. The van der Waals surface area contributed by atoms with E-state index >= 15 is 0 Å². The summed E-state index contributed by atoms with van der Waals surface area (Å²) in [4.78, 5) is 12.6. The molecule has 0 amide bonds. The molecule has 0 unspecified atom stereocenters. The van der Waals surface area contributed by atoms with Crippen molar-refractivity contribution in [1.82, 2.24) is 23.9 Å². The number of rotatable bonds is 4. The first-order chi connectivity index (χ1) is 14.9. The van der Waals surface area contributed by atoms with Crippen LogP contribution in [0.15, 0.2) is 43.0 Å². The molecule has 2 N–H and O–H groups in total. The highest BCUT2D eigenvalue weighted by atomic mass is 19.4. The predicted octanol–water partition coefficient (Wildman–Crippen LogP) is 4.47. The second-order valence-corrected chi connectivity index (χ2v) is 7.98. The fourth-order valence-electron chi connectivity index (χ4n) is 4.26. The Hall–Kier alpha value is -3.30. The van der Waals surface area contributed by atoms with Gasteiger partial charge in [-0.2, -0.15) is 13.2 Å². The zero-order valence-corrected chi connectivity index (χ0v) is 16.9. The molecule has 0 aliphatic heterocycles. The van der Waals surface area contributed by atoms with E-state index in [1.54, 1.807) is 30.7 Å². The zero-order valence-electron chi connectivity index (χ0n) is 16.9. The quantitative estimate of drug-likeness (QED) is 0.501. The third-order valence-electron chi connectivity index (χ3n) is 5.83. The molecule has 7 nitrogen and oxygen atoms in total. The van der Waals surface area contributed by atoms with Gasteiger partial charge in [0.05, 0.1) is 11.8 Å². The van der Waals surface area contributed by atoms with Crippen LogP contribution < -0.4 is 10.6 Å². The fraction of sp³-hybridized carbons (Fsp3) is 0.381. The van der Waals surface area contributed by atoms with Crippen LogP contribution in [0.25, 0.3) is 16.7 Å². The first-order valence-electron chi connectivity index (χ1n) is 10.2. The molecule has 1 fully saturated rings. The second kappa shape index (κ2) is 7.44. The van der Waals surface area contributed by atoms with Crippen molar-refractivity contribution in [2.45, 2.75) is 43.9 Å². The molecule has 5 rings (SSSR count). The van der Waals surface area contributed by atoms with Gasteiger partial charge in [0.2, 0.25) is 0 Å². The van der Waals surface area contributed by atoms with Gasteiger partial charge in [0, 0.05) is 31.5 Å². The molecule has 162 valence electrons. The molecule has 31 heavy (non-hydrogen) atoms. The van der Waals surface area contributed by atoms with Crippen molar-refractivity contribution in [1.29, 1.82) is 0 Å². The summed E-state index contributed by atoms with van der Waals surface area (Å²) in [6, 6.07) is 7.44. The second-order valence-electron chi connectivity index (χ2n) is 7.98. The smallest absolute Gasteiger partial charge is 0.368 e. The number of pyridine rings is 2. The van der Waals surface area contributed by atoms with Crippen LogP contribution >= 0.6 is 0 Å². The number of fused-ring (bicyclic) bond motifs is 2. The summed E-state index contributed by atoms with van der Waals surface area (Å²) in [6.45, 7) is 0. The first-order valence-corrected chi connectivity index (χ1v) is 10.2. The maximum atomic E-state index is 13.0. The van der Waals surface area contributed by atoms with Crippen LogP contribution in [0.1, 0.15) is 31.4 Å². The lowest BCUT2D eigenvalue weighted by molar-refractivity contribution is -0.140. The molecule has 0 radical (unpaired) electrons. The topological polar surface area (TPSA) is 72.1 Å². The zero-order chi connectivity index (χ0) is 21.6. The summed E-state index contributed by atoms with van der Waals surface area (Å²) in [5.41, 5.74) is 1.28. The van der Waals surface area contributed by atoms with Crippen LogP contribution in [0.4, 0.5) is 24.8 Å². The number of aryl methyl sites for hydroxylation is 1. The van der Waals surface area contributed by atoms with Crippen molar-refractivity contribution in [3.05, 3.63) is 48.7 Å². The Balaban J connectivity index is 1.26. The van der Waals surface area contributed by atoms with E-state index in [0.29, 0.717) is 5.82 Å². The number of nitrogens with zero attached hydrogens (tertiary/aromatic N) is 5. The molecular formula is C21H22F3N7. The van der Waals surface area contributed by atoms with Gasteiger partial charge in [-0.15, -0.1) is 0 Å². The van der Waals surface area contributed by atoms with Gasteiger partial charge in [0.25, 0.3) is 0 Å². The molecule has 0 bridgehead atoms. The molecular weight excluding hydrogens is 407 g/mol. The van der Waals surface area contributed by atoms with Crippen LogP contribution in [0.2, 0.25) is 0 Å². The maximum absolute atomic E-state index is 13.0. The van der Waals surface area contributed by atoms with E-state index in [2.05, 4.69) is 25.6 Å². The molecule has 0 atom stereocenters. The Morgan fingerprint density at radius 3 is 2.48 bits per heavy atom. The number of hydrogen-bond acceptors (Lipinski definition) is 5. The number of anilines is 2. The lowest BCUT2D eigenvalue weighted by Gasteiger charge is -2.30. The van der Waals surface area contributed by atoms with Gasteiger partial charge >= 0.3 is 6.18 Å². The van der Waals surface area contributed by atoms with Crippen molar-refractivity contribution >= 4 is 28.3 Å². The van der Waals surface area contributed by atoms with Crippen molar-refractivity contribution in [2.75, 3.05) is 10.6 Å². The fourth-order valence-corrected chi connectivity index (χ4v) is 4.26. The van der Waals surface area contributed by atoms with Crippen molar-refractivity contribution in [2.24, 2.45) is 7.05 Å². The molecule has 1 saturated carbocycles. The van der Waals surface area contributed by atoms with E-state index in [1.165, 1.54) is 4.40 Å². The van der Waals surface area contributed by atoms with Crippen molar-refractivity contribution in [3.63, 3.8) is 0 Å². The molecule has 1 aliphatic rings. The van der Waals surface area contributed by atoms with Crippen molar-refractivity contribution in [3.8, 4) is 0 Å². The Kier molecular flexibility index (Phi) is 4.71. The van der Waals surface area contributed by atoms with Gasteiger partial charge < -0.3 is 15.2 Å². The van der Waals surface area contributed by atoms with Gasteiger partial charge in [0.1, 0.15) is 17.0 Å². The molecule has 4 aromatic heterocycles. The number of alkyl halides is 3. The molecule has 4 heterocycles. The van der Waals surface area contributed by atoms with E-state index in [9.17, 15) is 13.2 Å². The lowest BCUT2D eigenvalue weighted by atomic mass is 9.91. The number of aromatic nitrogens is 5. The van der Waals surface area contributed by atoms with Gasteiger partial charge in [-0.25, -0.2) is 15.0 Å². The average Bonchev–Trinajstić information content (AvgIpc) is 3.35. The van der Waals surface area contributed by atoms with E-state index in [1.807, 2.05) is 17.7 Å². The molecule has 4 aromatic rings. The molecule has 0 saturated heterocycles. The van der Waals surface area contributed by atoms with E-state index in [0.717, 1.165) is 48.7 Å². The summed E-state index contributed by atoms with van der Waals surface area (Å²) in [6.07, 6.45) is 3.78. The monoisotopic (exact) mass is 429 g/mol. The summed E-state index contributed by atoms with van der Waals surface area (Å²) in [7, 11) is 1.95. The molecule has 0 aromatic carbocycles. The minimum atomic E-state index is -4.46.